The minimum absolute atomic E-state index is 0.0712. The molecule has 1 aromatic heterocycles. The number of amides is 2. The van der Waals surface area contributed by atoms with Crippen LogP contribution in [0.1, 0.15) is 15.9 Å². The third-order valence-corrected chi connectivity index (χ3v) is 4.16. The molecule has 0 aliphatic heterocycles. The van der Waals surface area contributed by atoms with Gasteiger partial charge in [0.15, 0.2) is 0 Å². The van der Waals surface area contributed by atoms with Gasteiger partial charge in [-0.15, -0.1) is 0 Å². The third-order valence-electron chi connectivity index (χ3n) is 2.76. The molecule has 3 N–H and O–H groups in total. The molecule has 114 valence electrons. The Morgan fingerprint density at radius 3 is 2.73 bits per heavy atom. The van der Waals surface area contributed by atoms with Crippen LogP contribution in [0.15, 0.2) is 47.6 Å². The van der Waals surface area contributed by atoms with Gasteiger partial charge in [0.05, 0.1) is 11.3 Å². The molecule has 0 bridgehead atoms. The zero-order valence-corrected chi connectivity index (χ0v) is 13.2. The second kappa shape index (κ2) is 7.82. The molecule has 2 aromatic rings. The number of carbonyl (C=O) groups excluding carboxylic acids is 2. The number of nitrogens with zero attached hydrogens (tertiary/aromatic N) is 1. The molecule has 0 aliphatic rings. The largest absolute Gasteiger partial charge is 0.369 e. The molecular weight excluding hydrogens is 322 g/mol. The van der Waals surface area contributed by atoms with E-state index in [0.717, 1.165) is 17.3 Å². The molecule has 0 unspecified atom stereocenters. The molecule has 2 amide bonds. The highest BCUT2D eigenvalue weighted by atomic mass is 35.5. The van der Waals surface area contributed by atoms with Crippen molar-refractivity contribution in [3.63, 3.8) is 0 Å². The number of carbonyl (C=O) groups is 2. The minimum atomic E-state index is -0.460. The molecule has 7 heteroatoms. The standard InChI is InChI=1S/C15H14ClN3O2S/c16-12-6-2-1-4-10(12)8-19-14(21)11-5-3-7-18-15(11)22-9-13(17)20/h1-7H,8-9H2,(H2,17,20)(H,19,21). The molecule has 0 fully saturated rings. The lowest BCUT2D eigenvalue weighted by Crippen LogP contribution is -2.24. The van der Waals surface area contributed by atoms with E-state index in [0.29, 0.717) is 22.2 Å². The van der Waals surface area contributed by atoms with E-state index in [2.05, 4.69) is 10.3 Å². The highest BCUT2D eigenvalue weighted by Gasteiger charge is 2.13. The summed E-state index contributed by atoms with van der Waals surface area (Å²) in [5.74, 6) is -0.667. The van der Waals surface area contributed by atoms with Crippen LogP contribution >= 0.6 is 23.4 Å². The summed E-state index contributed by atoms with van der Waals surface area (Å²) in [5.41, 5.74) is 6.35. The zero-order valence-electron chi connectivity index (χ0n) is 11.6. The number of primary amides is 1. The maximum atomic E-state index is 12.3. The topological polar surface area (TPSA) is 85.1 Å². The Morgan fingerprint density at radius 2 is 2.00 bits per heavy atom. The van der Waals surface area contributed by atoms with Gasteiger partial charge in [-0.3, -0.25) is 9.59 Å². The average molecular weight is 336 g/mol. The Hall–Kier alpha value is -2.05. The summed E-state index contributed by atoms with van der Waals surface area (Å²) in [6.07, 6.45) is 1.56. The number of benzene rings is 1. The number of nitrogens with two attached hydrogens (primary N) is 1. The van der Waals surface area contributed by atoms with Gasteiger partial charge in [0, 0.05) is 17.8 Å². The molecule has 0 saturated heterocycles. The van der Waals surface area contributed by atoms with E-state index in [1.54, 1.807) is 24.4 Å². The minimum Gasteiger partial charge on any atom is -0.369 e. The van der Waals surface area contributed by atoms with Gasteiger partial charge in [0.25, 0.3) is 5.91 Å². The van der Waals surface area contributed by atoms with Crippen LogP contribution in [0, 0.1) is 0 Å². The van der Waals surface area contributed by atoms with E-state index < -0.39 is 5.91 Å². The van der Waals surface area contributed by atoms with Crippen LogP contribution in [0.3, 0.4) is 0 Å². The fourth-order valence-corrected chi connectivity index (χ4v) is 2.66. The Bertz CT molecular complexity index is 694. The van der Waals surface area contributed by atoms with E-state index in [1.165, 1.54) is 0 Å². The molecule has 0 saturated carbocycles. The summed E-state index contributed by atoms with van der Waals surface area (Å²) >= 11 is 7.19. The quantitative estimate of drug-likeness (QED) is 0.793. The number of thioether (sulfide) groups is 1. The fourth-order valence-electron chi connectivity index (χ4n) is 1.73. The van der Waals surface area contributed by atoms with Crippen molar-refractivity contribution in [3.8, 4) is 0 Å². The highest BCUT2D eigenvalue weighted by Crippen LogP contribution is 2.20. The summed E-state index contributed by atoms with van der Waals surface area (Å²) in [7, 11) is 0. The Balaban J connectivity index is 2.06. The van der Waals surface area contributed by atoms with Gasteiger partial charge in [-0.05, 0) is 23.8 Å². The van der Waals surface area contributed by atoms with Crippen molar-refractivity contribution in [2.45, 2.75) is 11.6 Å². The van der Waals surface area contributed by atoms with Crippen molar-refractivity contribution >= 4 is 35.2 Å². The van der Waals surface area contributed by atoms with Crippen LogP contribution in [0.4, 0.5) is 0 Å². The maximum Gasteiger partial charge on any atom is 0.254 e. The smallest absolute Gasteiger partial charge is 0.254 e. The molecule has 5 nitrogen and oxygen atoms in total. The number of nitrogens with one attached hydrogen (secondary N) is 1. The third kappa shape index (κ3) is 4.47. The molecular formula is C15H14ClN3O2S. The second-order valence-electron chi connectivity index (χ2n) is 4.39. The molecule has 0 spiro atoms. The second-order valence-corrected chi connectivity index (χ2v) is 5.76. The van der Waals surface area contributed by atoms with Crippen LogP contribution in [-0.4, -0.2) is 22.6 Å². The van der Waals surface area contributed by atoms with Gasteiger partial charge in [0.1, 0.15) is 5.03 Å². The van der Waals surface area contributed by atoms with Crippen molar-refractivity contribution in [1.29, 1.82) is 0 Å². The Labute approximate surface area is 137 Å². The van der Waals surface area contributed by atoms with Crippen LogP contribution in [0.25, 0.3) is 0 Å². The van der Waals surface area contributed by atoms with Gasteiger partial charge < -0.3 is 11.1 Å². The molecule has 22 heavy (non-hydrogen) atoms. The molecule has 0 aliphatic carbocycles. The van der Waals surface area contributed by atoms with E-state index in [-0.39, 0.29) is 11.7 Å². The normalized spacial score (nSPS) is 10.2. The molecule has 0 radical (unpaired) electrons. The summed E-state index contributed by atoms with van der Waals surface area (Å²) < 4.78 is 0. The SMILES string of the molecule is NC(=O)CSc1ncccc1C(=O)NCc1ccccc1Cl. The highest BCUT2D eigenvalue weighted by molar-refractivity contribution is 8.00. The lowest BCUT2D eigenvalue weighted by molar-refractivity contribution is -0.115. The van der Waals surface area contributed by atoms with E-state index in [1.807, 2.05) is 18.2 Å². The van der Waals surface area contributed by atoms with Crippen LogP contribution < -0.4 is 11.1 Å². The summed E-state index contributed by atoms with van der Waals surface area (Å²) in [5, 5.41) is 3.86. The van der Waals surface area contributed by atoms with Gasteiger partial charge in [-0.2, -0.15) is 0 Å². The molecule has 1 aromatic carbocycles. The molecule has 1 heterocycles. The van der Waals surface area contributed by atoms with Crippen molar-refractivity contribution in [2.75, 3.05) is 5.75 Å². The van der Waals surface area contributed by atoms with Crippen molar-refractivity contribution in [1.82, 2.24) is 10.3 Å². The first-order chi connectivity index (χ1) is 10.6. The first kappa shape index (κ1) is 16.3. The van der Waals surface area contributed by atoms with Gasteiger partial charge in [-0.1, -0.05) is 41.6 Å². The molecule has 2 rings (SSSR count). The maximum absolute atomic E-state index is 12.3. The summed E-state index contributed by atoms with van der Waals surface area (Å²) in [6.45, 7) is 0.313. The average Bonchev–Trinajstić information content (AvgIpc) is 2.52. The van der Waals surface area contributed by atoms with Gasteiger partial charge >= 0.3 is 0 Å². The lowest BCUT2D eigenvalue weighted by Gasteiger charge is -2.09. The monoisotopic (exact) mass is 335 g/mol. The van der Waals surface area contributed by atoms with Gasteiger partial charge in [-0.25, -0.2) is 4.98 Å². The Kier molecular flexibility index (Phi) is 5.80. The first-order valence-electron chi connectivity index (χ1n) is 6.45. The fraction of sp³-hybridized carbons (Fsp3) is 0.133. The van der Waals surface area contributed by atoms with E-state index in [4.69, 9.17) is 17.3 Å². The predicted molar refractivity (Wildman–Crippen MR) is 86.8 cm³/mol. The number of aromatic nitrogens is 1. The number of halogens is 1. The summed E-state index contributed by atoms with van der Waals surface area (Å²) in [6, 6.07) is 10.6. The van der Waals surface area contributed by atoms with Gasteiger partial charge in [0.2, 0.25) is 5.91 Å². The number of hydrogen-bond donors (Lipinski definition) is 2. The van der Waals surface area contributed by atoms with Crippen molar-refractivity contribution < 1.29 is 9.59 Å². The van der Waals surface area contributed by atoms with Crippen LogP contribution in [-0.2, 0) is 11.3 Å². The number of rotatable bonds is 6. The zero-order chi connectivity index (χ0) is 15.9. The lowest BCUT2D eigenvalue weighted by atomic mass is 10.2. The summed E-state index contributed by atoms with van der Waals surface area (Å²) in [4.78, 5) is 27.2. The van der Waals surface area contributed by atoms with Crippen molar-refractivity contribution in [2.24, 2.45) is 5.73 Å². The first-order valence-corrected chi connectivity index (χ1v) is 7.82. The molecule has 0 atom stereocenters. The predicted octanol–water partition coefficient (Wildman–Crippen LogP) is 2.24. The number of pyridine rings is 1. The van der Waals surface area contributed by atoms with E-state index in [9.17, 15) is 9.59 Å². The van der Waals surface area contributed by atoms with Crippen molar-refractivity contribution in [3.05, 3.63) is 58.7 Å². The number of hydrogen-bond acceptors (Lipinski definition) is 4. The van der Waals surface area contributed by atoms with Crippen LogP contribution in [0.2, 0.25) is 5.02 Å². The van der Waals surface area contributed by atoms with E-state index >= 15 is 0 Å². The van der Waals surface area contributed by atoms with Crippen LogP contribution in [0.5, 0.6) is 0 Å². The Morgan fingerprint density at radius 1 is 1.23 bits per heavy atom.